The Bertz CT molecular complexity index is 310. The molecule has 0 fully saturated rings. The van der Waals surface area contributed by atoms with Gasteiger partial charge in [0.1, 0.15) is 5.75 Å². The van der Waals surface area contributed by atoms with Crippen LogP contribution in [0.4, 0.5) is 5.69 Å². The number of nitrogens with two attached hydrogens (primary N) is 3. The maximum Gasteiger partial charge on any atom is 0.138 e. The van der Waals surface area contributed by atoms with Crippen LogP contribution in [-0.2, 0) is 5.66 Å². The number of phenols is 1. The van der Waals surface area contributed by atoms with Crippen LogP contribution in [0.25, 0.3) is 0 Å². The summed E-state index contributed by atoms with van der Waals surface area (Å²) < 4.78 is 0. The molecule has 7 N–H and O–H groups in total. The van der Waals surface area contributed by atoms with Crippen molar-refractivity contribution in [2.24, 2.45) is 11.5 Å². The molecule has 0 amide bonds. The van der Waals surface area contributed by atoms with E-state index in [2.05, 4.69) is 0 Å². The van der Waals surface area contributed by atoms with Crippen LogP contribution in [0.3, 0.4) is 0 Å². The van der Waals surface area contributed by atoms with Crippen LogP contribution in [0.2, 0.25) is 0 Å². The molecule has 0 atom stereocenters. The molecule has 0 radical (unpaired) electrons. The lowest BCUT2D eigenvalue weighted by atomic mass is 9.98. The zero-order valence-corrected chi connectivity index (χ0v) is 7.62. The van der Waals surface area contributed by atoms with E-state index in [0.717, 1.165) is 5.56 Å². The van der Waals surface area contributed by atoms with Crippen LogP contribution in [0.15, 0.2) is 18.2 Å². The number of benzene rings is 1. The summed E-state index contributed by atoms with van der Waals surface area (Å²) in [7, 11) is 0. The monoisotopic (exact) mass is 181 g/mol. The summed E-state index contributed by atoms with van der Waals surface area (Å²) in [6.07, 6.45) is 0.608. The molecule has 4 nitrogen and oxygen atoms in total. The fraction of sp³-hybridized carbons (Fsp3) is 0.333. The van der Waals surface area contributed by atoms with Gasteiger partial charge in [0, 0.05) is 0 Å². The molecule has 1 rings (SSSR count). The first-order valence-electron chi connectivity index (χ1n) is 4.14. The first-order valence-corrected chi connectivity index (χ1v) is 4.14. The van der Waals surface area contributed by atoms with Gasteiger partial charge in [-0.1, -0.05) is 13.0 Å². The van der Waals surface area contributed by atoms with Crippen molar-refractivity contribution in [2.75, 3.05) is 5.73 Å². The number of rotatable bonds is 2. The van der Waals surface area contributed by atoms with Gasteiger partial charge in [-0.05, 0) is 24.1 Å². The van der Waals surface area contributed by atoms with Crippen LogP contribution < -0.4 is 17.2 Å². The Morgan fingerprint density at radius 1 is 1.38 bits per heavy atom. The third-order valence-electron chi connectivity index (χ3n) is 2.15. The minimum absolute atomic E-state index is 0.0515. The molecule has 4 heteroatoms. The Labute approximate surface area is 77.3 Å². The van der Waals surface area contributed by atoms with E-state index in [0.29, 0.717) is 12.1 Å². The summed E-state index contributed by atoms with van der Waals surface area (Å²) in [5.74, 6) is 0.0515. The van der Waals surface area contributed by atoms with Gasteiger partial charge in [0.2, 0.25) is 0 Å². The molecule has 1 aromatic rings. The van der Waals surface area contributed by atoms with Gasteiger partial charge in [0.15, 0.2) is 0 Å². The van der Waals surface area contributed by atoms with E-state index in [1.807, 2.05) is 6.92 Å². The van der Waals surface area contributed by atoms with E-state index < -0.39 is 5.66 Å². The maximum atomic E-state index is 9.18. The predicted octanol–water partition coefficient (Wildman–Crippen LogP) is 0.455. The molecule has 0 heterocycles. The lowest BCUT2D eigenvalue weighted by Gasteiger charge is -2.23. The highest BCUT2D eigenvalue weighted by Crippen LogP contribution is 2.25. The number of hydrogen-bond donors (Lipinski definition) is 4. The molecular formula is C9H15N3O. The largest absolute Gasteiger partial charge is 0.506 e. The highest BCUT2D eigenvalue weighted by molar-refractivity contribution is 5.54. The molecule has 1 aromatic carbocycles. The van der Waals surface area contributed by atoms with Gasteiger partial charge in [-0.15, -0.1) is 0 Å². The molecule has 0 aliphatic carbocycles. The van der Waals surface area contributed by atoms with Gasteiger partial charge in [0.05, 0.1) is 11.4 Å². The standard InChI is InChI=1S/C9H15N3O/c1-2-9(11,12)6-3-4-8(13)7(10)5-6/h3-5,13H,2,10-12H2,1H3. The lowest BCUT2D eigenvalue weighted by molar-refractivity contribution is 0.445. The molecule has 13 heavy (non-hydrogen) atoms. The molecule has 0 bridgehead atoms. The van der Waals surface area contributed by atoms with Crippen molar-refractivity contribution in [1.29, 1.82) is 0 Å². The molecule has 0 saturated heterocycles. The summed E-state index contributed by atoms with van der Waals surface area (Å²) in [6.45, 7) is 1.89. The molecule has 0 aromatic heterocycles. The summed E-state index contributed by atoms with van der Waals surface area (Å²) in [6, 6.07) is 4.77. The summed E-state index contributed by atoms with van der Waals surface area (Å²) in [5, 5.41) is 9.18. The Hall–Kier alpha value is -1.26. The summed E-state index contributed by atoms with van der Waals surface area (Å²) >= 11 is 0. The van der Waals surface area contributed by atoms with E-state index in [9.17, 15) is 5.11 Å². The number of aromatic hydroxyl groups is 1. The average Bonchev–Trinajstić information content (AvgIpc) is 2.09. The molecule has 72 valence electrons. The first kappa shape index (κ1) is 9.83. The predicted molar refractivity (Wildman–Crippen MR) is 52.9 cm³/mol. The number of nitrogen functional groups attached to an aromatic ring is 1. The molecule has 0 unspecified atom stereocenters. The molecule has 0 aliphatic rings. The topological polar surface area (TPSA) is 98.3 Å². The van der Waals surface area contributed by atoms with Crippen molar-refractivity contribution in [2.45, 2.75) is 19.0 Å². The Morgan fingerprint density at radius 2 is 2.00 bits per heavy atom. The zero-order chi connectivity index (χ0) is 10.1. The average molecular weight is 181 g/mol. The van der Waals surface area contributed by atoms with E-state index >= 15 is 0 Å². The van der Waals surface area contributed by atoms with E-state index in [1.165, 1.54) is 6.07 Å². The summed E-state index contributed by atoms with van der Waals surface area (Å²) in [5.41, 5.74) is 17.3. The van der Waals surface area contributed by atoms with Crippen LogP contribution >= 0.6 is 0 Å². The van der Waals surface area contributed by atoms with Crippen molar-refractivity contribution < 1.29 is 5.11 Å². The van der Waals surface area contributed by atoms with E-state index in [1.54, 1.807) is 12.1 Å². The van der Waals surface area contributed by atoms with Gasteiger partial charge in [-0.3, -0.25) is 0 Å². The Morgan fingerprint density at radius 3 is 2.46 bits per heavy atom. The second kappa shape index (κ2) is 3.24. The van der Waals surface area contributed by atoms with Crippen molar-refractivity contribution in [3.05, 3.63) is 23.8 Å². The minimum atomic E-state index is -0.873. The van der Waals surface area contributed by atoms with Gasteiger partial charge in [0.25, 0.3) is 0 Å². The summed E-state index contributed by atoms with van der Waals surface area (Å²) in [4.78, 5) is 0. The van der Waals surface area contributed by atoms with Crippen LogP contribution in [0.1, 0.15) is 18.9 Å². The fourth-order valence-electron chi connectivity index (χ4n) is 1.05. The van der Waals surface area contributed by atoms with Crippen molar-refractivity contribution in [3.63, 3.8) is 0 Å². The maximum absolute atomic E-state index is 9.18. The van der Waals surface area contributed by atoms with E-state index in [4.69, 9.17) is 17.2 Å². The normalized spacial score (nSPS) is 11.6. The molecule has 0 spiro atoms. The van der Waals surface area contributed by atoms with Crippen LogP contribution in [-0.4, -0.2) is 5.11 Å². The smallest absolute Gasteiger partial charge is 0.138 e. The van der Waals surface area contributed by atoms with Gasteiger partial charge >= 0.3 is 0 Å². The Kier molecular flexibility index (Phi) is 2.45. The molecule has 0 saturated carbocycles. The molecular weight excluding hydrogens is 166 g/mol. The van der Waals surface area contributed by atoms with E-state index in [-0.39, 0.29) is 5.75 Å². The number of phenolic OH excluding ortho intramolecular Hbond substituents is 1. The van der Waals surface area contributed by atoms with Gasteiger partial charge in [-0.2, -0.15) is 0 Å². The minimum Gasteiger partial charge on any atom is -0.506 e. The van der Waals surface area contributed by atoms with Crippen molar-refractivity contribution >= 4 is 5.69 Å². The number of hydrogen-bond acceptors (Lipinski definition) is 4. The van der Waals surface area contributed by atoms with Gasteiger partial charge in [-0.25, -0.2) is 0 Å². The van der Waals surface area contributed by atoms with Crippen LogP contribution in [0.5, 0.6) is 5.75 Å². The van der Waals surface area contributed by atoms with Crippen molar-refractivity contribution in [1.82, 2.24) is 0 Å². The quantitative estimate of drug-likeness (QED) is 0.302. The zero-order valence-electron chi connectivity index (χ0n) is 7.62. The lowest BCUT2D eigenvalue weighted by Crippen LogP contribution is -2.45. The second-order valence-electron chi connectivity index (χ2n) is 3.17. The van der Waals surface area contributed by atoms with Gasteiger partial charge < -0.3 is 22.3 Å². The fourth-order valence-corrected chi connectivity index (χ4v) is 1.05. The van der Waals surface area contributed by atoms with Crippen LogP contribution in [0, 0.1) is 0 Å². The highest BCUT2D eigenvalue weighted by Gasteiger charge is 2.19. The number of anilines is 1. The molecule has 0 aliphatic heterocycles. The third kappa shape index (κ3) is 1.91. The Balaban J connectivity index is 3.10. The second-order valence-corrected chi connectivity index (χ2v) is 3.17. The highest BCUT2D eigenvalue weighted by atomic mass is 16.3. The third-order valence-corrected chi connectivity index (χ3v) is 2.15. The first-order chi connectivity index (χ1) is 5.97. The SMILES string of the molecule is CCC(N)(N)c1ccc(O)c(N)c1. The van der Waals surface area contributed by atoms with Crippen molar-refractivity contribution in [3.8, 4) is 5.75 Å².